The molecule has 3 rings (SSSR count). The standard InChI is InChI=1S/C21H23N3O3S/c1-13-6-5-7-17(10-13)24-20(26)18(19(25)22-21(24)28)12-16-11-14(2)23(15(16)3)8-9-27-4/h5-7,10-12H,8-9H2,1-4H3,(H,22,25,28)/b18-12+. The Morgan fingerprint density at radius 3 is 2.61 bits per heavy atom. The number of carbonyl (C=O) groups is 2. The molecule has 2 amide bonds. The van der Waals surface area contributed by atoms with Gasteiger partial charge in [-0.3, -0.25) is 19.8 Å². The molecule has 2 aromatic rings. The minimum Gasteiger partial charge on any atom is -0.383 e. The second-order valence-corrected chi connectivity index (χ2v) is 7.15. The van der Waals surface area contributed by atoms with Crippen molar-refractivity contribution in [2.24, 2.45) is 0 Å². The highest BCUT2D eigenvalue weighted by molar-refractivity contribution is 7.80. The molecule has 0 radical (unpaired) electrons. The van der Waals surface area contributed by atoms with E-state index in [0.29, 0.717) is 18.8 Å². The van der Waals surface area contributed by atoms with Gasteiger partial charge in [-0.25, -0.2) is 0 Å². The summed E-state index contributed by atoms with van der Waals surface area (Å²) in [4.78, 5) is 27.0. The number of anilines is 1. The van der Waals surface area contributed by atoms with E-state index >= 15 is 0 Å². The zero-order chi connectivity index (χ0) is 20.4. The maximum absolute atomic E-state index is 13.1. The third-order valence-corrected chi connectivity index (χ3v) is 5.08. The van der Waals surface area contributed by atoms with Gasteiger partial charge in [0, 0.05) is 25.0 Å². The smallest absolute Gasteiger partial charge is 0.270 e. The van der Waals surface area contributed by atoms with Gasteiger partial charge in [-0.2, -0.15) is 0 Å². The first-order valence-corrected chi connectivity index (χ1v) is 9.38. The third kappa shape index (κ3) is 3.76. The molecule has 1 fully saturated rings. The summed E-state index contributed by atoms with van der Waals surface area (Å²) in [5, 5.41) is 2.71. The van der Waals surface area contributed by atoms with Crippen LogP contribution in [-0.4, -0.2) is 35.2 Å². The summed E-state index contributed by atoms with van der Waals surface area (Å²) < 4.78 is 7.26. The van der Waals surface area contributed by atoms with Crippen molar-refractivity contribution in [1.82, 2.24) is 9.88 Å². The zero-order valence-electron chi connectivity index (χ0n) is 16.4. The van der Waals surface area contributed by atoms with Crippen LogP contribution in [-0.2, 0) is 20.9 Å². The summed E-state index contributed by atoms with van der Waals surface area (Å²) in [6, 6.07) is 9.40. The Bertz CT molecular complexity index is 991. The SMILES string of the molecule is COCCn1c(C)cc(/C=C2\C(=O)NC(=S)N(c3cccc(C)c3)C2=O)c1C. The number of aryl methyl sites for hydroxylation is 2. The molecular formula is C21H23N3O3S. The lowest BCUT2D eigenvalue weighted by atomic mass is 10.1. The van der Waals surface area contributed by atoms with Crippen LogP contribution in [0.3, 0.4) is 0 Å². The van der Waals surface area contributed by atoms with Gasteiger partial charge < -0.3 is 9.30 Å². The van der Waals surface area contributed by atoms with Gasteiger partial charge in [-0.1, -0.05) is 12.1 Å². The summed E-state index contributed by atoms with van der Waals surface area (Å²) in [5.41, 5.74) is 4.52. The van der Waals surface area contributed by atoms with Crippen LogP contribution in [0.4, 0.5) is 5.69 Å². The van der Waals surface area contributed by atoms with E-state index in [1.54, 1.807) is 19.3 Å². The van der Waals surface area contributed by atoms with Gasteiger partial charge >= 0.3 is 0 Å². The zero-order valence-corrected chi connectivity index (χ0v) is 17.2. The van der Waals surface area contributed by atoms with E-state index in [4.69, 9.17) is 17.0 Å². The quantitative estimate of drug-likeness (QED) is 0.479. The molecule has 1 N–H and O–H groups in total. The lowest BCUT2D eigenvalue weighted by molar-refractivity contribution is -0.122. The van der Waals surface area contributed by atoms with Crippen LogP contribution in [0.15, 0.2) is 35.9 Å². The first-order chi connectivity index (χ1) is 13.3. The van der Waals surface area contributed by atoms with Gasteiger partial charge in [0.2, 0.25) is 0 Å². The molecule has 2 heterocycles. The van der Waals surface area contributed by atoms with Crippen molar-refractivity contribution in [2.45, 2.75) is 27.3 Å². The average Bonchev–Trinajstić information content (AvgIpc) is 2.90. The van der Waals surface area contributed by atoms with Crippen LogP contribution in [0, 0.1) is 20.8 Å². The molecule has 1 aromatic heterocycles. The lowest BCUT2D eigenvalue weighted by Crippen LogP contribution is -2.54. The van der Waals surface area contributed by atoms with Crippen LogP contribution in [0.1, 0.15) is 22.5 Å². The number of hydrogen-bond donors (Lipinski definition) is 1. The lowest BCUT2D eigenvalue weighted by Gasteiger charge is -2.29. The number of aromatic nitrogens is 1. The number of nitrogens with zero attached hydrogens (tertiary/aromatic N) is 2. The molecular weight excluding hydrogens is 374 g/mol. The van der Waals surface area contributed by atoms with E-state index in [2.05, 4.69) is 9.88 Å². The summed E-state index contributed by atoms with van der Waals surface area (Å²) >= 11 is 5.25. The normalized spacial score (nSPS) is 16.1. The van der Waals surface area contributed by atoms with E-state index in [0.717, 1.165) is 22.5 Å². The Labute approximate surface area is 169 Å². The van der Waals surface area contributed by atoms with Crippen molar-refractivity contribution in [3.63, 3.8) is 0 Å². The predicted molar refractivity (Wildman–Crippen MR) is 113 cm³/mol. The first kappa shape index (κ1) is 20.0. The van der Waals surface area contributed by atoms with E-state index in [1.165, 1.54) is 4.90 Å². The Morgan fingerprint density at radius 2 is 1.93 bits per heavy atom. The number of rotatable bonds is 5. The number of nitrogens with one attached hydrogen (secondary N) is 1. The van der Waals surface area contributed by atoms with Crippen LogP contribution in [0.25, 0.3) is 6.08 Å². The van der Waals surface area contributed by atoms with Crippen molar-refractivity contribution in [2.75, 3.05) is 18.6 Å². The highest BCUT2D eigenvalue weighted by Crippen LogP contribution is 2.24. The predicted octanol–water partition coefficient (Wildman–Crippen LogP) is 2.89. The Balaban J connectivity index is 2.00. The molecule has 0 unspecified atom stereocenters. The molecule has 6 nitrogen and oxygen atoms in total. The fourth-order valence-electron chi connectivity index (χ4n) is 3.32. The van der Waals surface area contributed by atoms with Crippen LogP contribution >= 0.6 is 12.2 Å². The van der Waals surface area contributed by atoms with E-state index in [1.807, 2.05) is 45.0 Å². The molecule has 0 saturated carbocycles. The summed E-state index contributed by atoms with van der Waals surface area (Å²) in [7, 11) is 1.66. The van der Waals surface area contributed by atoms with Crippen molar-refractivity contribution in [3.8, 4) is 0 Å². The van der Waals surface area contributed by atoms with Gasteiger partial charge in [0.25, 0.3) is 11.8 Å². The largest absolute Gasteiger partial charge is 0.383 e. The minimum atomic E-state index is -0.486. The number of benzene rings is 1. The highest BCUT2D eigenvalue weighted by atomic mass is 32.1. The van der Waals surface area contributed by atoms with Gasteiger partial charge in [0.05, 0.1) is 12.3 Å². The number of ether oxygens (including phenoxy) is 1. The molecule has 1 aliphatic rings. The Hall–Kier alpha value is -2.77. The molecule has 0 spiro atoms. The van der Waals surface area contributed by atoms with Gasteiger partial charge in [-0.15, -0.1) is 0 Å². The molecule has 28 heavy (non-hydrogen) atoms. The number of hydrogen-bond acceptors (Lipinski definition) is 4. The molecule has 1 saturated heterocycles. The van der Waals surface area contributed by atoms with E-state index < -0.39 is 11.8 Å². The summed E-state index contributed by atoms with van der Waals surface area (Å²) in [6.07, 6.45) is 1.63. The maximum Gasteiger partial charge on any atom is 0.270 e. The second-order valence-electron chi connectivity index (χ2n) is 6.77. The second kappa shape index (κ2) is 8.08. The van der Waals surface area contributed by atoms with Crippen molar-refractivity contribution >= 4 is 40.9 Å². The Morgan fingerprint density at radius 1 is 1.18 bits per heavy atom. The van der Waals surface area contributed by atoms with E-state index in [9.17, 15) is 9.59 Å². The number of thiocarbonyl (C=S) groups is 1. The minimum absolute atomic E-state index is 0.0575. The maximum atomic E-state index is 13.1. The van der Waals surface area contributed by atoms with E-state index in [-0.39, 0.29) is 10.7 Å². The molecule has 7 heteroatoms. The summed E-state index contributed by atoms with van der Waals surface area (Å²) in [6.45, 7) is 7.17. The molecule has 0 aliphatic carbocycles. The van der Waals surface area contributed by atoms with Crippen molar-refractivity contribution in [1.29, 1.82) is 0 Å². The molecule has 0 bridgehead atoms. The van der Waals surface area contributed by atoms with Gasteiger partial charge in [0.1, 0.15) is 5.57 Å². The highest BCUT2D eigenvalue weighted by Gasteiger charge is 2.34. The number of amides is 2. The van der Waals surface area contributed by atoms with Gasteiger partial charge in [-0.05, 0) is 68.4 Å². The number of methoxy groups -OCH3 is 1. The fraction of sp³-hybridized carbons (Fsp3) is 0.286. The fourth-order valence-corrected chi connectivity index (χ4v) is 3.60. The molecule has 146 valence electrons. The Kier molecular flexibility index (Phi) is 5.76. The van der Waals surface area contributed by atoms with Crippen molar-refractivity contribution in [3.05, 3.63) is 58.4 Å². The molecule has 1 aliphatic heterocycles. The summed E-state index contributed by atoms with van der Waals surface area (Å²) in [5.74, 6) is -0.915. The van der Waals surface area contributed by atoms with Crippen molar-refractivity contribution < 1.29 is 14.3 Å². The average molecular weight is 398 g/mol. The molecule has 0 atom stereocenters. The third-order valence-electron chi connectivity index (χ3n) is 4.79. The number of carbonyl (C=O) groups excluding carboxylic acids is 2. The molecule has 1 aromatic carbocycles. The van der Waals surface area contributed by atoms with Crippen LogP contribution in [0.2, 0.25) is 0 Å². The topological polar surface area (TPSA) is 63.6 Å². The monoisotopic (exact) mass is 397 g/mol. The van der Waals surface area contributed by atoms with Crippen LogP contribution in [0.5, 0.6) is 0 Å². The van der Waals surface area contributed by atoms with Gasteiger partial charge in [0.15, 0.2) is 5.11 Å². The first-order valence-electron chi connectivity index (χ1n) is 8.97. The van der Waals surface area contributed by atoms with Crippen LogP contribution < -0.4 is 10.2 Å².